The Bertz CT molecular complexity index is 2030. The van der Waals surface area contributed by atoms with Crippen LogP contribution in [-0.4, -0.2) is 72.8 Å². The topological polar surface area (TPSA) is 129 Å². The predicted molar refractivity (Wildman–Crippen MR) is 177 cm³/mol. The maximum absolute atomic E-state index is 13.9. The molecule has 2 aromatic carbocycles. The molecular weight excluding hydrogens is 594 g/mol. The Morgan fingerprint density at radius 3 is 2.83 bits per heavy atom. The molecule has 3 aromatic heterocycles. The van der Waals surface area contributed by atoms with Crippen LogP contribution in [0, 0.1) is 0 Å². The fourth-order valence-electron chi connectivity index (χ4n) is 6.93. The van der Waals surface area contributed by atoms with Gasteiger partial charge in [-0.1, -0.05) is 24.8 Å². The van der Waals surface area contributed by atoms with Crippen LogP contribution in [0.1, 0.15) is 59.1 Å². The summed E-state index contributed by atoms with van der Waals surface area (Å²) >= 11 is 0. The van der Waals surface area contributed by atoms with Gasteiger partial charge in [-0.15, -0.1) is 0 Å². The summed E-state index contributed by atoms with van der Waals surface area (Å²) in [5.41, 5.74) is 6.69. The zero-order valence-electron chi connectivity index (χ0n) is 25.9. The van der Waals surface area contributed by atoms with Crippen LogP contribution in [0.25, 0.3) is 33.5 Å². The molecule has 1 unspecified atom stereocenters. The highest BCUT2D eigenvalue weighted by Gasteiger charge is 2.30. The number of hydrogen-bond acceptors (Lipinski definition) is 7. The van der Waals surface area contributed by atoms with Gasteiger partial charge in [0, 0.05) is 41.4 Å². The van der Waals surface area contributed by atoms with Gasteiger partial charge in [0.1, 0.15) is 24.3 Å². The van der Waals surface area contributed by atoms with Crippen molar-refractivity contribution in [1.82, 2.24) is 29.6 Å². The highest BCUT2D eigenvalue weighted by molar-refractivity contribution is 6.09. The first-order chi connectivity index (χ1) is 23.0. The fraction of sp³-hybridized carbons (Fsp3) is 0.306. The fourth-order valence-corrected chi connectivity index (χ4v) is 6.93. The van der Waals surface area contributed by atoms with Crippen LogP contribution in [0.2, 0.25) is 0 Å². The largest absolute Gasteiger partial charge is 0.491 e. The van der Waals surface area contributed by atoms with E-state index in [9.17, 15) is 14.7 Å². The molecule has 11 heteroatoms. The van der Waals surface area contributed by atoms with Crippen LogP contribution in [0.15, 0.2) is 73.8 Å². The van der Waals surface area contributed by atoms with E-state index in [1.165, 1.54) is 30.8 Å². The summed E-state index contributed by atoms with van der Waals surface area (Å²) in [6.07, 6.45) is 10.8. The van der Waals surface area contributed by atoms with E-state index < -0.39 is 0 Å². The van der Waals surface area contributed by atoms with Crippen LogP contribution >= 0.6 is 0 Å². The number of fused-ring (bicyclic) bond motifs is 2. The molecule has 0 spiro atoms. The number of anilines is 1. The summed E-state index contributed by atoms with van der Waals surface area (Å²) in [4.78, 5) is 42.2. The number of benzene rings is 2. The van der Waals surface area contributed by atoms with Crippen molar-refractivity contribution in [3.8, 4) is 28.3 Å². The second-order valence-electron chi connectivity index (χ2n) is 12.5. The smallest absolute Gasteiger partial charge is 0.262 e. The normalized spacial score (nSPS) is 18.1. The Morgan fingerprint density at radius 1 is 1.11 bits per heavy atom. The Balaban J connectivity index is 1.12. The summed E-state index contributed by atoms with van der Waals surface area (Å²) in [6.45, 7) is 5.35. The van der Waals surface area contributed by atoms with Gasteiger partial charge in [0.2, 0.25) is 5.91 Å². The first-order valence-electron chi connectivity index (χ1n) is 16.1. The summed E-state index contributed by atoms with van der Waals surface area (Å²) in [7, 11) is 0. The van der Waals surface area contributed by atoms with Gasteiger partial charge in [-0.3, -0.25) is 14.3 Å². The number of nitrogens with zero attached hydrogens (tertiary/aromatic N) is 6. The zero-order chi connectivity index (χ0) is 32.1. The molecule has 47 heavy (non-hydrogen) atoms. The molecule has 2 N–H and O–H groups in total. The molecule has 11 nitrogen and oxygen atoms in total. The molecule has 2 amide bonds. The molecule has 5 heterocycles. The standard InChI is InChI=1S/C36H35N7O4/c1-2-33(45)41-12-4-5-25(19-41)43-18-24(17-39-43)30-16-28-34(37-21-38-35(28)40-30)26-6-3-7-31(29(26)20-44)42-13-14-47-32-15-23(22-8-9-22)10-11-27(32)36(42)46/h2-3,6-7,10-11,15-18,21-22,25,44H,1,4-5,8-9,12-14,19-20H2,(H,37,38,40). The van der Waals surface area contributed by atoms with E-state index >= 15 is 0 Å². The molecular formula is C36H35N7O4. The number of carbonyl (C=O) groups is 2. The second-order valence-corrected chi connectivity index (χ2v) is 12.5. The maximum atomic E-state index is 13.9. The molecule has 1 aliphatic carbocycles. The van der Waals surface area contributed by atoms with Crippen LogP contribution < -0.4 is 9.64 Å². The van der Waals surface area contributed by atoms with Crippen LogP contribution in [0.3, 0.4) is 0 Å². The molecule has 2 aliphatic heterocycles. The molecule has 1 atom stereocenters. The number of ether oxygens (including phenoxy) is 1. The van der Waals surface area contributed by atoms with Gasteiger partial charge in [-0.05, 0) is 67.5 Å². The second kappa shape index (κ2) is 11.8. The van der Waals surface area contributed by atoms with Gasteiger partial charge < -0.3 is 24.6 Å². The molecule has 238 valence electrons. The molecule has 1 saturated heterocycles. The molecule has 3 aliphatic rings. The average Bonchev–Trinajstić information content (AvgIpc) is 3.72. The molecule has 1 saturated carbocycles. The number of amides is 2. The number of nitrogens with one attached hydrogen (secondary N) is 1. The van der Waals surface area contributed by atoms with E-state index in [0.29, 0.717) is 59.5 Å². The van der Waals surface area contributed by atoms with Crippen molar-refractivity contribution in [2.24, 2.45) is 0 Å². The number of aliphatic hydroxyl groups is 1. The molecule has 0 radical (unpaired) electrons. The van der Waals surface area contributed by atoms with E-state index in [4.69, 9.17) is 4.74 Å². The van der Waals surface area contributed by atoms with E-state index in [1.807, 2.05) is 64.4 Å². The van der Waals surface area contributed by atoms with Gasteiger partial charge in [0.15, 0.2) is 0 Å². The van der Waals surface area contributed by atoms with Crippen molar-refractivity contribution in [3.05, 3.63) is 90.5 Å². The van der Waals surface area contributed by atoms with Gasteiger partial charge >= 0.3 is 0 Å². The number of piperidine rings is 1. The number of aromatic amines is 1. The van der Waals surface area contributed by atoms with E-state index in [1.54, 1.807) is 4.90 Å². The monoisotopic (exact) mass is 629 g/mol. The number of hydrogen-bond donors (Lipinski definition) is 2. The van der Waals surface area contributed by atoms with Gasteiger partial charge in [-0.25, -0.2) is 9.97 Å². The number of rotatable bonds is 7. The molecule has 0 bridgehead atoms. The highest BCUT2D eigenvalue weighted by atomic mass is 16.5. The van der Waals surface area contributed by atoms with Crippen molar-refractivity contribution < 1.29 is 19.4 Å². The number of aromatic nitrogens is 5. The third-order valence-electron chi connectivity index (χ3n) is 9.55. The van der Waals surface area contributed by atoms with Crippen molar-refractivity contribution >= 4 is 28.5 Å². The third kappa shape index (κ3) is 5.26. The van der Waals surface area contributed by atoms with Crippen molar-refractivity contribution in [2.45, 2.75) is 44.2 Å². The SMILES string of the molecule is C=CC(=O)N1CCCC(n2cc(-c3cc4c(-c5cccc(N6CCOc7cc(C8CC8)ccc7C6=O)c5CO)ncnc4[nH]3)cn2)C1. The quantitative estimate of drug-likeness (QED) is 0.235. The van der Waals surface area contributed by atoms with Crippen molar-refractivity contribution in [2.75, 3.05) is 31.1 Å². The minimum Gasteiger partial charge on any atom is -0.491 e. The first-order valence-corrected chi connectivity index (χ1v) is 16.1. The number of carbonyl (C=O) groups excluding carboxylic acids is 2. The Kier molecular flexibility index (Phi) is 7.32. The lowest BCUT2D eigenvalue weighted by Gasteiger charge is -2.32. The van der Waals surface area contributed by atoms with Crippen molar-refractivity contribution in [3.63, 3.8) is 0 Å². The molecule has 8 rings (SSSR count). The van der Waals surface area contributed by atoms with Crippen LogP contribution in [-0.2, 0) is 11.4 Å². The molecule has 2 fully saturated rings. The number of aliphatic hydroxyl groups excluding tert-OH is 1. The first kappa shape index (κ1) is 29.1. The van der Waals surface area contributed by atoms with Gasteiger partial charge in [0.05, 0.1) is 48.0 Å². The van der Waals surface area contributed by atoms with Crippen molar-refractivity contribution in [1.29, 1.82) is 0 Å². The zero-order valence-corrected chi connectivity index (χ0v) is 25.9. The molecule has 5 aromatic rings. The Morgan fingerprint density at radius 2 is 2.00 bits per heavy atom. The predicted octanol–water partition coefficient (Wildman–Crippen LogP) is 5.25. The Labute approximate surface area is 271 Å². The summed E-state index contributed by atoms with van der Waals surface area (Å²) < 4.78 is 7.99. The van der Waals surface area contributed by atoms with E-state index in [-0.39, 0.29) is 24.5 Å². The Hall–Kier alpha value is -5.29. The summed E-state index contributed by atoms with van der Waals surface area (Å²) in [6, 6.07) is 13.6. The minimum absolute atomic E-state index is 0.0593. The lowest BCUT2D eigenvalue weighted by molar-refractivity contribution is -0.127. The van der Waals surface area contributed by atoms with Gasteiger partial charge in [-0.2, -0.15) is 5.10 Å². The van der Waals surface area contributed by atoms with E-state index in [0.717, 1.165) is 41.6 Å². The van der Waals surface area contributed by atoms with E-state index in [2.05, 4.69) is 26.6 Å². The van der Waals surface area contributed by atoms with Gasteiger partial charge in [0.25, 0.3) is 5.91 Å². The number of likely N-dealkylation sites (tertiary alicyclic amines) is 1. The van der Waals surface area contributed by atoms with Crippen LogP contribution in [0.4, 0.5) is 5.69 Å². The van der Waals surface area contributed by atoms with Crippen LogP contribution in [0.5, 0.6) is 5.75 Å². The minimum atomic E-state index is -0.286. The lowest BCUT2D eigenvalue weighted by Crippen LogP contribution is -2.39. The third-order valence-corrected chi connectivity index (χ3v) is 9.55. The number of H-pyrrole nitrogens is 1. The summed E-state index contributed by atoms with van der Waals surface area (Å²) in [5.74, 6) is 0.963. The lowest BCUT2D eigenvalue weighted by atomic mass is 9.99. The highest BCUT2D eigenvalue weighted by Crippen LogP contribution is 2.43. The summed E-state index contributed by atoms with van der Waals surface area (Å²) in [5, 5.41) is 16.2. The average molecular weight is 630 g/mol. The maximum Gasteiger partial charge on any atom is 0.262 e.